The Bertz CT molecular complexity index is 164. The van der Waals surface area contributed by atoms with Gasteiger partial charge < -0.3 is 4.74 Å². The van der Waals surface area contributed by atoms with Crippen molar-refractivity contribution < 1.29 is 4.74 Å². The van der Waals surface area contributed by atoms with Crippen LogP contribution in [0.2, 0.25) is 0 Å². The van der Waals surface area contributed by atoms with Gasteiger partial charge in [-0.2, -0.15) is 0 Å². The van der Waals surface area contributed by atoms with E-state index in [9.17, 15) is 0 Å². The quantitative estimate of drug-likeness (QED) is 0.432. The molecule has 0 saturated carbocycles. The van der Waals surface area contributed by atoms with Gasteiger partial charge >= 0.3 is 0 Å². The van der Waals surface area contributed by atoms with E-state index in [-0.39, 0.29) is 0 Å². The van der Waals surface area contributed by atoms with Crippen molar-refractivity contribution in [2.24, 2.45) is 5.41 Å². The lowest BCUT2D eigenvalue weighted by atomic mass is 9.84. The Morgan fingerprint density at radius 3 is 2.31 bits per heavy atom. The minimum atomic E-state index is 0.476. The van der Waals surface area contributed by atoms with Crippen LogP contribution in [0.5, 0.6) is 0 Å². The molecule has 16 heavy (non-hydrogen) atoms. The SMILES string of the molecule is CCCCCCCCCC1(CBr)CCOC1. The summed E-state index contributed by atoms with van der Waals surface area (Å²) < 4.78 is 5.53. The molecule has 0 aromatic rings. The summed E-state index contributed by atoms with van der Waals surface area (Å²) in [5.41, 5.74) is 0.476. The number of hydrogen-bond donors (Lipinski definition) is 0. The summed E-state index contributed by atoms with van der Waals surface area (Å²) in [6.07, 6.45) is 12.5. The van der Waals surface area contributed by atoms with E-state index in [1.165, 1.54) is 57.8 Å². The summed E-state index contributed by atoms with van der Waals surface area (Å²) in [4.78, 5) is 0. The van der Waals surface area contributed by atoms with Crippen molar-refractivity contribution in [1.82, 2.24) is 0 Å². The van der Waals surface area contributed by atoms with Gasteiger partial charge in [0.2, 0.25) is 0 Å². The maximum absolute atomic E-state index is 5.53. The van der Waals surface area contributed by atoms with Gasteiger partial charge in [-0.15, -0.1) is 0 Å². The highest BCUT2D eigenvalue weighted by Gasteiger charge is 2.32. The van der Waals surface area contributed by atoms with E-state index in [0.717, 1.165) is 18.5 Å². The van der Waals surface area contributed by atoms with Gasteiger partial charge in [0, 0.05) is 17.4 Å². The molecule has 1 fully saturated rings. The third-order valence-corrected chi connectivity index (χ3v) is 4.97. The van der Waals surface area contributed by atoms with Crippen molar-refractivity contribution in [2.75, 3.05) is 18.5 Å². The molecule has 0 N–H and O–H groups in total. The second-order valence-electron chi connectivity index (χ2n) is 5.31. The molecule has 1 saturated heterocycles. The Morgan fingerprint density at radius 1 is 1.06 bits per heavy atom. The molecule has 0 radical (unpaired) electrons. The van der Waals surface area contributed by atoms with Gasteiger partial charge in [0.05, 0.1) is 6.61 Å². The number of unbranched alkanes of at least 4 members (excludes halogenated alkanes) is 6. The van der Waals surface area contributed by atoms with Crippen molar-refractivity contribution >= 4 is 15.9 Å². The second kappa shape index (κ2) is 8.52. The topological polar surface area (TPSA) is 9.23 Å². The predicted octanol–water partition coefficient (Wildman–Crippen LogP) is 4.93. The van der Waals surface area contributed by atoms with Crippen LogP contribution in [0.4, 0.5) is 0 Å². The molecule has 0 amide bonds. The molecular weight excluding hydrogens is 264 g/mol. The number of alkyl halides is 1. The van der Waals surface area contributed by atoms with Gasteiger partial charge in [0.15, 0.2) is 0 Å². The molecule has 0 aliphatic carbocycles. The minimum Gasteiger partial charge on any atom is -0.381 e. The smallest absolute Gasteiger partial charge is 0.0531 e. The maximum atomic E-state index is 5.53. The Balaban J connectivity index is 1.97. The summed E-state index contributed by atoms with van der Waals surface area (Å²) in [6.45, 7) is 4.23. The van der Waals surface area contributed by atoms with Gasteiger partial charge in [-0.05, 0) is 12.8 Å². The lowest BCUT2D eigenvalue weighted by Gasteiger charge is -2.24. The van der Waals surface area contributed by atoms with Crippen LogP contribution in [0.25, 0.3) is 0 Å². The van der Waals surface area contributed by atoms with E-state index in [4.69, 9.17) is 4.74 Å². The number of halogens is 1. The first-order valence-corrected chi connectivity index (χ1v) is 8.09. The highest BCUT2D eigenvalue weighted by atomic mass is 79.9. The van der Waals surface area contributed by atoms with Crippen LogP contribution in [0.1, 0.15) is 64.7 Å². The first-order chi connectivity index (χ1) is 7.83. The third-order valence-electron chi connectivity index (χ3n) is 3.78. The van der Waals surface area contributed by atoms with Crippen LogP contribution < -0.4 is 0 Å². The fraction of sp³-hybridized carbons (Fsp3) is 1.00. The summed E-state index contributed by atoms with van der Waals surface area (Å²) in [7, 11) is 0. The Hall–Kier alpha value is 0.440. The van der Waals surface area contributed by atoms with Crippen molar-refractivity contribution in [3.8, 4) is 0 Å². The van der Waals surface area contributed by atoms with E-state index >= 15 is 0 Å². The molecule has 1 rings (SSSR count). The lowest BCUT2D eigenvalue weighted by molar-refractivity contribution is 0.156. The first-order valence-electron chi connectivity index (χ1n) is 6.97. The first kappa shape index (κ1) is 14.5. The highest BCUT2D eigenvalue weighted by molar-refractivity contribution is 9.09. The van der Waals surface area contributed by atoms with Crippen LogP contribution in [0.3, 0.4) is 0 Å². The highest BCUT2D eigenvalue weighted by Crippen LogP contribution is 2.36. The zero-order valence-electron chi connectivity index (χ0n) is 10.8. The summed E-state index contributed by atoms with van der Waals surface area (Å²) in [5.74, 6) is 0. The Labute approximate surface area is 109 Å². The molecule has 1 unspecified atom stereocenters. The van der Waals surface area contributed by atoms with Crippen molar-refractivity contribution in [2.45, 2.75) is 64.7 Å². The number of rotatable bonds is 9. The third kappa shape index (κ3) is 5.18. The van der Waals surface area contributed by atoms with Crippen molar-refractivity contribution in [3.63, 3.8) is 0 Å². The van der Waals surface area contributed by atoms with Gasteiger partial charge in [-0.25, -0.2) is 0 Å². The largest absolute Gasteiger partial charge is 0.381 e. The summed E-state index contributed by atoms with van der Waals surface area (Å²) in [6, 6.07) is 0. The average molecular weight is 291 g/mol. The van der Waals surface area contributed by atoms with Crippen LogP contribution in [-0.4, -0.2) is 18.5 Å². The van der Waals surface area contributed by atoms with Crippen LogP contribution in [-0.2, 0) is 4.74 Å². The summed E-state index contributed by atoms with van der Waals surface area (Å²) >= 11 is 3.66. The molecular formula is C14H27BrO. The van der Waals surface area contributed by atoms with Crippen molar-refractivity contribution in [3.05, 3.63) is 0 Å². The van der Waals surface area contributed by atoms with Gasteiger partial charge in [0.25, 0.3) is 0 Å². The second-order valence-corrected chi connectivity index (χ2v) is 5.87. The fourth-order valence-electron chi connectivity index (χ4n) is 2.48. The van der Waals surface area contributed by atoms with Gasteiger partial charge in [-0.1, -0.05) is 67.8 Å². The van der Waals surface area contributed by atoms with E-state index in [0.29, 0.717) is 5.41 Å². The molecule has 1 heterocycles. The normalized spacial score (nSPS) is 25.1. The van der Waals surface area contributed by atoms with Crippen molar-refractivity contribution in [1.29, 1.82) is 0 Å². The lowest BCUT2D eigenvalue weighted by Crippen LogP contribution is -2.22. The molecule has 0 aromatic carbocycles. The zero-order valence-corrected chi connectivity index (χ0v) is 12.4. The number of hydrogen-bond acceptors (Lipinski definition) is 1. The number of ether oxygens (including phenoxy) is 1. The Kier molecular flexibility index (Phi) is 7.72. The molecule has 96 valence electrons. The van der Waals surface area contributed by atoms with E-state index in [2.05, 4.69) is 22.9 Å². The fourth-order valence-corrected chi connectivity index (χ4v) is 3.20. The molecule has 0 bridgehead atoms. The van der Waals surface area contributed by atoms with Crippen LogP contribution in [0.15, 0.2) is 0 Å². The molecule has 1 aliphatic heterocycles. The maximum Gasteiger partial charge on any atom is 0.0531 e. The monoisotopic (exact) mass is 290 g/mol. The molecule has 1 aliphatic rings. The van der Waals surface area contributed by atoms with E-state index in [1.54, 1.807) is 0 Å². The standard InChI is InChI=1S/C14H27BrO/c1-2-3-4-5-6-7-8-9-14(12-15)10-11-16-13-14/h2-13H2,1H3. The average Bonchev–Trinajstić information content (AvgIpc) is 2.77. The molecule has 0 aromatic heterocycles. The molecule has 1 atom stereocenters. The molecule has 1 nitrogen and oxygen atoms in total. The zero-order chi connectivity index (χ0) is 11.7. The van der Waals surface area contributed by atoms with E-state index in [1.807, 2.05) is 0 Å². The van der Waals surface area contributed by atoms with Crippen LogP contribution in [0, 0.1) is 5.41 Å². The van der Waals surface area contributed by atoms with E-state index < -0.39 is 0 Å². The minimum absolute atomic E-state index is 0.476. The summed E-state index contributed by atoms with van der Waals surface area (Å²) in [5, 5.41) is 1.12. The van der Waals surface area contributed by atoms with Gasteiger partial charge in [0.1, 0.15) is 0 Å². The van der Waals surface area contributed by atoms with Gasteiger partial charge in [-0.3, -0.25) is 0 Å². The molecule has 0 spiro atoms. The Morgan fingerprint density at radius 2 is 1.75 bits per heavy atom. The predicted molar refractivity (Wildman–Crippen MR) is 74.3 cm³/mol. The molecule has 2 heteroatoms. The van der Waals surface area contributed by atoms with Crippen LogP contribution >= 0.6 is 15.9 Å².